The Morgan fingerprint density at radius 2 is 1.44 bits per heavy atom. The van der Waals surface area contributed by atoms with Crippen molar-refractivity contribution in [1.82, 2.24) is 5.43 Å². The fraction of sp³-hybridized carbons (Fsp3) is 0.0400. The highest BCUT2D eigenvalue weighted by Crippen LogP contribution is 2.13. The van der Waals surface area contributed by atoms with Crippen molar-refractivity contribution in [1.29, 1.82) is 0 Å². The van der Waals surface area contributed by atoms with Gasteiger partial charge in [0.05, 0.1) is 11.1 Å². The van der Waals surface area contributed by atoms with E-state index in [2.05, 4.69) is 10.5 Å². The zero-order valence-corrected chi connectivity index (χ0v) is 16.9. The average molecular weight is 426 g/mol. The number of amides is 1. The molecule has 1 heterocycles. The Morgan fingerprint density at radius 1 is 0.844 bits per heavy atom. The molecule has 3 aromatic carbocycles. The van der Waals surface area contributed by atoms with E-state index in [1.807, 2.05) is 60.7 Å². The van der Waals surface area contributed by atoms with Crippen molar-refractivity contribution >= 4 is 28.6 Å². The Bertz CT molecular complexity index is 1300. The second-order valence-electron chi connectivity index (χ2n) is 6.77. The van der Waals surface area contributed by atoms with Crippen LogP contribution in [0, 0.1) is 0 Å². The largest absolute Gasteiger partial charge is 0.450 e. The maximum atomic E-state index is 12.3. The topological polar surface area (TPSA) is 98.0 Å². The fourth-order valence-corrected chi connectivity index (χ4v) is 3.05. The van der Waals surface area contributed by atoms with E-state index < -0.39 is 18.5 Å². The monoisotopic (exact) mass is 426 g/mol. The maximum absolute atomic E-state index is 12.3. The number of ether oxygens (including phenoxy) is 1. The first-order valence-electron chi connectivity index (χ1n) is 9.79. The molecule has 1 amide bonds. The lowest BCUT2D eigenvalue weighted by molar-refractivity contribution is -0.124. The smallest absolute Gasteiger partial charge is 0.374 e. The Balaban J connectivity index is 1.45. The fourth-order valence-electron chi connectivity index (χ4n) is 3.05. The van der Waals surface area contributed by atoms with Gasteiger partial charge < -0.3 is 9.15 Å². The molecule has 1 aromatic heterocycles. The molecule has 0 radical (unpaired) electrons. The summed E-state index contributed by atoms with van der Waals surface area (Å²) in [5.41, 5.74) is 4.48. The van der Waals surface area contributed by atoms with E-state index >= 15 is 0 Å². The van der Waals surface area contributed by atoms with Gasteiger partial charge in [-0.2, -0.15) is 5.10 Å². The predicted molar refractivity (Wildman–Crippen MR) is 119 cm³/mol. The molecule has 0 unspecified atom stereocenters. The molecular weight excluding hydrogens is 408 g/mol. The molecule has 0 atom stereocenters. The molecule has 7 heteroatoms. The number of esters is 1. The normalized spacial score (nSPS) is 10.4. The summed E-state index contributed by atoms with van der Waals surface area (Å²) in [5.74, 6) is -1.83. The summed E-state index contributed by atoms with van der Waals surface area (Å²) >= 11 is 0. The van der Waals surface area contributed by atoms with Gasteiger partial charge in [-0.15, -0.1) is 0 Å². The molecule has 4 rings (SSSR count). The Hall–Kier alpha value is -4.52. The summed E-state index contributed by atoms with van der Waals surface area (Å²) in [6.07, 6.45) is 0. The second kappa shape index (κ2) is 9.53. The number of benzene rings is 3. The van der Waals surface area contributed by atoms with Crippen LogP contribution >= 0.6 is 0 Å². The number of para-hydroxylation sites is 1. The Kier molecular flexibility index (Phi) is 6.17. The van der Waals surface area contributed by atoms with Crippen LogP contribution < -0.4 is 10.9 Å². The summed E-state index contributed by atoms with van der Waals surface area (Å²) in [7, 11) is 0. The van der Waals surface area contributed by atoms with Crippen LogP contribution in [0.2, 0.25) is 0 Å². The van der Waals surface area contributed by atoms with Gasteiger partial charge in [-0.05, 0) is 12.1 Å². The minimum Gasteiger partial charge on any atom is -0.450 e. The van der Waals surface area contributed by atoms with Gasteiger partial charge in [-0.25, -0.2) is 10.2 Å². The van der Waals surface area contributed by atoms with Crippen LogP contribution in [-0.4, -0.2) is 24.2 Å². The number of rotatable bonds is 6. The number of nitrogens with one attached hydrogen (secondary N) is 1. The molecule has 1 N–H and O–H groups in total. The van der Waals surface area contributed by atoms with E-state index in [1.54, 1.807) is 24.3 Å². The van der Waals surface area contributed by atoms with Crippen LogP contribution in [0.5, 0.6) is 0 Å². The lowest BCUT2D eigenvalue weighted by Crippen LogP contribution is -2.26. The molecule has 0 spiro atoms. The highest BCUT2D eigenvalue weighted by atomic mass is 16.5. The number of carbonyl (C=O) groups excluding carboxylic acids is 2. The number of hydrogen-bond donors (Lipinski definition) is 1. The third-order valence-corrected chi connectivity index (χ3v) is 4.56. The summed E-state index contributed by atoms with van der Waals surface area (Å²) in [5, 5.41) is 4.57. The van der Waals surface area contributed by atoms with Crippen molar-refractivity contribution in [2.45, 2.75) is 0 Å². The van der Waals surface area contributed by atoms with Gasteiger partial charge in [0, 0.05) is 17.2 Å². The SMILES string of the molecule is O=C(COC(=O)c1cc(=O)c2ccccc2o1)NN=C(c1ccccc1)c1ccccc1. The summed E-state index contributed by atoms with van der Waals surface area (Å²) in [6.45, 7) is -0.588. The van der Waals surface area contributed by atoms with Gasteiger partial charge in [0.25, 0.3) is 5.91 Å². The number of fused-ring (bicyclic) bond motifs is 1. The first kappa shape index (κ1) is 20.7. The van der Waals surface area contributed by atoms with Gasteiger partial charge >= 0.3 is 5.97 Å². The molecule has 0 aliphatic rings. The Morgan fingerprint density at radius 3 is 2.09 bits per heavy atom. The van der Waals surface area contributed by atoms with Crippen LogP contribution in [0.4, 0.5) is 0 Å². The molecule has 32 heavy (non-hydrogen) atoms. The lowest BCUT2D eigenvalue weighted by Gasteiger charge is -2.08. The molecular formula is C25H18N2O5. The second-order valence-corrected chi connectivity index (χ2v) is 6.77. The molecule has 0 aliphatic carbocycles. The van der Waals surface area contributed by atoms with Gasteiger partial charge in [0.2, 0.25) is 5.76 Å². The van der Waals surface area contributed by atoms with Crippen molar-refractivity contribution < 1.29 is 18.7 Å². The van der Waals surface area contributed by atoms with Gasteiger partial charge in [-0.3, -0.25) is 9.59 Å². The zero-order chi connectivity index (χ0) is 22.3. The third-order valence-electron chi connectivity index (χ3n) is 4.56. The minimum atomic E-state index is -0.918. The Labute approximate surface area is 183 Å². The number of carbonyl (C=O) groups is 2. The van der Waals surface area contributed by atoms with Crippen LogP contribution in [0.15, 0.2) is 105 Å². The number of hydrazone groups is 1. The van der Waals surface area contributed by atoms with Crippen LogP contribution in [-0.2, 0) is 9.53 Å². The van der Waals surface area contributed by atoms with E-state index in [9.17, 15) is 14.4 Å². The van der Waals surface area contributed by atoms with Crippen molar-refractivity contribution in [2.75, 3.05) is 6.61 Å². The molecule has 0 saturated heterocycles. The molecule has 0 saturated carbocycles. The lowest BCUT2D eigenvalue weighted by atomic mass is 10.0. The molecule has 158 valence electrons. The molecule has 4 aromatic rings. The first-order chi connectivity index (χ1) is 15.6. The highest BCUT2D eigenvalue weighted by Gasteiger charge is 2.15. The van der Waals surface area contributed by atoms with E-state index in [0.29, 0.717) is 11.1 Å². The quantitative estimate of drug-likeness (QED) is 0.289. The van der Waals surface area contributed by atoms with E-state index in [4.69, 9.17) is 9.15 Å². The molecule has 0 aliphatic heterocycles. The zero-order valence-electron chi connectivity index (χ0n) is 16.9. The van der Waals surface area contributed by atoms with Crippen LogP contribution in [0.25, 0.3) is 11.0 Å². The maximum Gasteiger partial charge on any atom is 0.374 e. The summed E-state index contributed by atoms with van der Waals surface area (Å²) in [6, 6.07) is 26.3. The van der Waals surface area contributed by atoms with E-state index in [0.717, 1.165) is 17.2 Å². The van der Waals surface area contributed by atoms with Gasteiger partial charge in [0.1, 0.15) is 5.58 Å². The first-order valence-corrected chi connectivity index (χ1v) is 9.79. The van der Waals surface area contributed by atoms with Crippen molar-refractivity contribution in [3.8, 4) is 0 Å². The number of nitrogens with zero attached hydrogens (tertiary/aromatic N) is 1. The molecule has 7 nitrogen and oxygen atoms in total. The number of hydrogen-bond acceptors (Lipinski definition) is 6. The highest BCUT2D eigenvalue weighted by molar-refractivity contribution is 6.13. The molecule has 0 bridgehead atoms. The standard InChI is InChI=1S/C25H18N2O5/c28-20-15-22(32-21-14-8-7-13-19(20)21)25(30)31-16-23(29)26-27-24(17-9-3-1-4-10-17)18-11-5-2-6-12-18/h1-15H,16H2,(H,26,29). The van der Waals surface area contributed by atoms with Crippen molar-refractivity contribution in [3.63, 3.8) is 0 Å². The van der Waals surface area contributed by atoms with E-state index in [1.165, 1.54) is 0 Å². The van der Waals surface area contributed by atoms with Gasteiger partial charge in [-0.1, -0.05) is 72.8 Å². The summed E-state index contributed by atoms with van der Waals surface area (Å²) in [4.78, 5) is 36.6. The van der Waals surface area contributed by atoms with Crippen LogP contribution in [0.3, 0.4) is 0 Å². The van der Waals surface area contributed by atoms with Crippen molar-refractivity contribution in [2.24, 2.45) is 5.10 Å². The predicted octanol–water partition coefficient (Wildman–Crippen LogP) is 3.52. The van der Waals surface area contributed by atoms with Crippen molar-refractivity contribution in [3.05, 3.63) is 118 Å². The van der Waals surface area contributed by atoms with Crippen LogP contribution in [0.1, 0.15) is 21.7 Å². The summed E-state index contributed by atoms with van der Waals surface area (Å²) < 4.78 is 10.4. The van der Waals surface area contributed by atoms with Gasteiger partial charge in [0.15, 0.2) is 12.0 Å². The molecule has 0 fully saturated rings. The van der Waals surface area contributed by atoms with E-state index in [-0.39, 0.29) is 16.8 Å². The third kappa shape index (κ3) is 4.79. The average Bonchev–Trinajstić information content (AvgIpc) is 2.84. The minimum absolute atomic E-state index is 0.261.